The monoisotopic (exact) mass is 290 g/mol. The van der Waals surface area contributed by atoms with Gasteiger partial charge in [-0.1, -0.05) is 12.1 Å². The normalized spacial score (nSPS) is 10.7. The fourth-order valence-corrected chi connectivity index (χ4v) is 2.51. The molecule has 3 nitrogen and oxygen atoms in total. The number of carbonyl (C=O) groups is 1. The van der Waals surface area contributed by atoms with Crippen LogP contribution in [0.25, 0.3) is 10.9 Å². The van der Waals surface area contributed by atoms with E-state index >= 15 is 0 Å². The lowest BCUT2D eigenvalue weighted by Crippen LogP contribution is -1.96. The summed E-state index contributed by atoms with van der Waals surface area (Å²) in [7, 11) is 0. The van der Waals surface area contributed by atoms with Gasteiger partial charge in [-0.2, -0.15) is 0 Å². The molecule has 0 aliphatic heterocycles. The summed E-state index contributed by atoms with van der Waals surface area (Å²) < 4.78 is 0. The van der Waals surface area contributed by atoms with Crippen molar-refractivity contribution in [2.45, 2.75) is 20.8 Å². The van der Waals surface area contributed by atoms with E-state index in [-0.39, 0.29) is 5.78 Å². The Morgan fingerprint density at radius 2 is 1.73 bits per heavy atom. The maximum absolute atomic E-state index is 11.3. The summed E-state index contributed by atoms with van der Waals surface area (Å²) in [6.07, 6.45) is 1.82. The third-order valence-electron chi connectivity index (χ3n) is 4.01. The maximum Gasteiger partial charge on any atom is 0.159 e. The third-order valence-corrected chi connectivity index (χ3v) is 4.01. The first-order valence-corrected chi connectivity index (χ1v) is 7.29. The standard InChI is InChI=1S/C19H18N2O/c1-12-4-9-17-18(10-11-20-19(17)13(12)2)21-16-7-5-15(6-8-16)14(3)22/h4-11H,1-3H3,(H,20,21). The van der Waals surface area contributed by atoms with Gasteiger partial charge >= 0.3 is 0 Å². The van der Waals surface area contributed by atoms with Crippen molar-refractivity contribution in [3.05, 3.63) is 65.4 Å². The Morgan fingerprint density at radius 3 is 2.41 bits per heavy atom. The van der Waals surface area contributed by atoms with Gasteiger partial charge in [-0.25, -0.2) is 0 Å². The number of hydrogen-bond acceptors (Lipinski definition) is 3. The molecule has 110 valence electrons. The number of benzene rings is 2. The summed E-state index contributed by atoms with van der Waals surface area (Å²) in [4.78, 5) is 15.8. The number of Topliss-reactive ketones (excluding diaryl/α,β-unsaturated/α-hetero) is 1. The highest BCUT2D eigenvalue weighted by Gasteiger charge is 2.07. The zero-order valence-corrected chi connectivity index (χ0v) is 13.0. The molecule has 0 amide bonds. The van der Waals surface area contributed by atoms with Gasteiger partial charge < -0.3 is 5.32 Å². The molecule has 0 fully saturated rings. The molecular formula is C19H18N2O. The van der Waals surface area contributed by atoms with Crippen molar-refractivity contribution in [1.82, 2.24) is 4.98 Å². The third kappa shape index (κ3) is 2.58. The van der Waals surface area contributed by atoms with Crippen LogP contribution < -0.4 is 5.32 Å². The van der Waals surface area contributed by atoms with Crippen molar-refractivity contribution in [3.63, 3.8) is 0 Å². The molecule has 1 heterocycles. The smallest absolute Gasteiger partial charge is 0.159 e. The summed E-state index contributed by atoms with van der Waals surface area (Å²) in [5.74, 6) is 0.0759. The molecule has 0 aliphatic rings. The Labute approximate surface area is 130 Å². The summed E-state index contributed by atoms with van der Waals surface area (Å²) >= 11 is 0. The molecule has 3 aromatic rings. The molecule has 0 saturated heterocycles. The van der Waals surface area contributed by atoms with E-state index in [2.05, 4.69) is 36.3 Å². The Hall–Kier alpha value is -2.68. The highest BCUT2D eigenvalue weighted by atomic mass is 16.1. The van der Waals surface area contributed by atoms with E-state index in [4.69, 9.17) is 0 Å². The number of nitrogens with zero attached hydrogens (tertiary/aromatic N) is 1. The molecule has 0 saturated carbocycles. The quantitative estimate of drug-likeness (QED) is 0.705. The molecule has 0 radical (unpaired) electrons. The van der Waals surface area contributed by atoms with Crippen molar-refractivity contribution in [2.75, 3.05) is 5.32 Å². The minimum atomic E-state index is 0.0759. The minimum Gasteiger partial charge on any atom is -0.355 e. The van der Waals surface area contributed by atoms with Crippen LogP contribution in [0.5, 0.6) is 0 Å². The number of rotatable bonds is 3. The van der Waals surface area contributed by atoms with Gasteiger partial charge in [0.1, 0.15) is 0 Å². The molecule has 3 heteroatoms. The predicted octanol–water partition coefficient (Wildman–Crippen LogP) is 4.80. The van der Waals surface area contributed by atoms with Gasteiger partial charge in [-0.15, -0.1) is 0 Å². The van der Waals surface area contributed by atoms with Crippen LogP contribution >= 0.6 is 0 Å². The lowest BCUT2D eigenvalue weighted by molar-refractivity contribution is 0.101. The van der Waals surface area contributed by atoms with Crippen LogP contribution in [0.1, 0.15) is 28.4 Å². The van der Waals surface area contributed by atoms with E-state index in [1.807, 2.05) is 36.5 Å². The van der Waals surface area contributed by atoms with Crippen molar-refractivity contribution < 1.29 is 4.79 Å². The summed E-state index contributed by atoms with van der Waals surface area (Å²) in [6.45, 7) is 5.76. The van der Waals surface area contributed by atoms with Crippen LogP contribution in [0.3, 0.4) is 0 Å². The second-order valence-corrected chi connectivity index (χ2v) is 5.52. The predicted molar refractivity (Wildman–Crippen MR) is 90.9 cm³/mol. The number of anilines is 2. The number of ketones is 1. The van der Waals surface area contributed by atoms with Crippen LogP contribution in [0, 0.1) is 13.8 Å². The largest absolute Gasteiger partial charge is 0.355 e. The van der Waals surface area contributed by atoms with Crippen LogP contribution in [-0.2, 0) is 0 Å². The van der Waals surface area contributed by atoms with Crippen LogP contribution in [0.4, 0.5) is 11.4 Å². The van der Waals surface area contributed by atoms with E-state index in [1.54, 1.807) is 6.92 Å². The average molecular weight is 290 g/mol. The minimum absolute atomic E-state index is 0.0759. The Balaban J connectivity index is 2.00. The molecule has 3 rings (SSSR count). The molecule has 0 aliphatic carbocycles. The zero-order chi connectivity index (χ0) is 15.7. The number of fused-ring (bicyclic) bond motifs is 1. The fourth-order valence-electron chi connectivity index (χ4n) is 2.51. The van der Waals surface area contributed by atoms with Crippen molar-refractivity contribution >= 4 is 28.1 Å². The van der Waals surface area contributed by atoms with Gasteiger partial charge in [0.15, 0.2) is 5.78 Å². The molecule has 0 spiro atoms. The van der Waals surface area contributed by atoms with Crippen LogP contribution in [0.2, 0.25) is 0 Å². The maximum atomic E-state index is 11.3. The van der Waals surface area contributed by atoms with Gasteiger partial charge in [-0.05, 0) is 62.2 Å². The number of nitrogens with one attached hydrogen (secondary N) is 1. The molecule has 0 bridgehead atoms. The molecule has 1 N–H and O–H groups in total. The molecule has 22 heavy (non-hydrogen) atoms. The molecule has 0 unspecified atom stereocenters. The van der Waals surface area contributed by atoms with E-state index in [9.17, 15) is 4.79 Å². The first kappa shape index (κ1) is 14.3. The van der Waals surface area contributed by atoms with Crippen LogP contribution in [0.15, 0.2) is 48.7 Å². The number of carbonyl (C=O) groups excluding carboxylic acids is 1. The summed E-state index contributed by atoms with van der Waals surface area (Å²) in [5.41, 5.74) is 6.15. The molecule has 0 atom stereocenters. The van der Waals surface area contributed by atoms with Gasteiger partial charge in [-0.3, -0.25) is 9.78 Å². The van der Waals surface area contributed by atoms with E-state index in [1.165, 1.54) is 11.1 Å². The lowest BCUT2D eigenvalue weighted by Gasteiger charge is -2.12. The average Bonchev–Trinajstić information content (AvgIpc) is 2.52. The highest BCUT2D eigenvalue weighted by molar-refractivity contribution is 5.96. The van der Waals surface area contributed by atoms with Gasteiger partial charge in [0.05, 0.1) is 5.52 Å². The van der Waals surface area contributed by atoms with E-state index < -0.39 is 0 Å². The molecule has 1 aromatic heterocycles. The van der Waals surface area contributed by atoms with Crippen LogP contribution in [-0.4, -0.2) is 10.8 Å². The van der Waals surface area contributed by atoms with Crippen molar-refractivity contribution in [1.29, 1.82) is 0 Å². The SMILES string of the molecule is CC(=O)c1ccc(Nc2ccnc3c(C)c(C)ccc23)cc1. The van der Waals surface area contributed by atoms with E-state index in [0.29, 0.717) is 0 Å². The second-order valence-electron chi connectivity index (χ2n) is 5.52. The highest BCUT2D eigenvalue weighted by Crippen LogP contribution is 2.28. The van der Waals surface area contributed by atoms with Crippen molar-refractivity contribution in [3.8, 4) is 0 Å². The molecular weight excluding hydrogens is 272 g/mol. The van der Waals surface area contributed by atoms with Gasteiger partial charge in [0.25, 0.3) is 0 Å². The number of aromatic nitrogens is 1. The zero-order valence-electron chi connectivity index (χ0n) is 13.0. The number of pyridine rings is 1. The Kier molecular flexibility index (Phi) is 3.63. The second kappa shape index (κ2) is 5.60. The summed E-state index contributed by atoms with van der Waals surface area (Å²) in [6, 6.07) is 13.7. The summed E-state index contributed by atoms with van der Waals surface area (Å²) in [5, 5.41) is 4.51. The molecule has 2 aromatic carbocycles. The topological polar surface area (TPSA) is 42.0 Å². The van der Waals surface area contributed by atoms with Gasteiger partial charge in [0.2, 0.25) is 0 Å². The first-order valence-electron chi connectivity index (χ1n) is 7.29. The van der Waals surface area contributed by atoms with E-state index in [0.717, 1.165) is 27.8 Å². The lowest BCUT2D eigenvalue weighted by atomic mass is 10.0. The fraction of sp³-hybridized carbons (Fsp3) is 0.158. The Bertz CT molecular complexity index is 851. The Morgan fingerprint density at radius 1 is 1.00 bits per heavy atom. The van der Waals surface area contributed by atoms with Crippen molar-refractivity contribution in [2.24, 2.45) is 0 Å². The number of aryl methyl sites for hydroxylation is 2. The van der Waals surface area contributed by atoms with Gasteiger partial charge in [0, 0.05) is 28.5 Å². The number of hydrogen-bond donors (Lipinski definition) is 1. The first-order chi connectivity index (χ1) is 10.6.